The van der Waals surface area contributed by atoms with Gasteiger partial charge in [0.1, 0.15) is 12.4 Å². The first-order valence-electron chi connectivity index (χ1n) is 8.95. The number of ether oxygens (including phenoxy) is 2. The summed E-state index contributed by atoms with van der Waals surface area (Å²) in [7, 11) is 0. The quantitative estimate of drug-likeness (QED) is 0.540. The van der Waals surface area contributed by atoms with Gasteiger partial charge in [0.05, 0.1) is 5.56 Å². The van der Waals surface area contributed by atoms with Crippen molar-refractivity contribution >= 4 is 5.97 Å². The van der Waals surface area contributed by atoms with Crippen molar-refractivity contribution in [1.82, 2.24) is 20.2 Å². The number of hydrogen-bond donors (Lipinski definition) is 0. The van der Waals surface area contributed by atoms with Crippen LogP contribution in [-0.4, -0.2) is 26.2 Å². The Kier molecular flexibility index (Phi) is 6.51. The summed E-state index contributed by atoms with van der Waals surface area (Å²) in [6.45, 7) is 3.30. The van der Waals surface area contributed by atoms with Gasteiger partial charge in [0, 0.05) is 6.54 Å². The molecule has 0 aliphatic heterocycles. The normalized spacial score (nSPS) is 10.6. The molecule has 0 saturated heterocycles. The van der Waals surface area contributed by atoms with Gasteiger partial charge in [0.15, 0.2) is 12.4 Å². The zero-order valence-corrected chi connectivity index (χ0v) is 15.2. The third kappa shape index (κ3) is 5.37. The maximum Gasteiger partial charge on any atom is 0.338 e. The highest BCUT2D eigenvalue weighted by Gasteiger charge is 2.11. The van der Waals surface area contributed by atoms with Crippen LogP contribution in [0.3, 0.4) is 0 Å². The number of aryl methyl sites for hydroxylation is 1. The summed E-state index contributed by atoms with van der Waals surface area (Å²) >= 11 is 0. The van der Waals surface area contributed by atoms with Crippen molar-refractivity contribution in [1.29, 1.82) is 0 Å². The SMILES string of the molecule is CCCCn1nnnc1COC(=O)c1ccc(COc2ccccc2)cc1. The lowest BCUT2D eigenvalue weighted by atomic mass is 10.1. The van der Waals surface area contributed by atoms with Gasteiger partial charge in [0.25, 0.3) is 0 Å². The first kappa shape index (κ1) is 18.6. The summed E-state index contributed by atoms with van der Waals surface area (Å²) in [4.78, 5) is 12.2. The van der Waals surface area contributed by atoms with E-state index in [2.05, 4.69) is 22.4 Å². The third-order valence-corrected chi connectivity index (χ3v) is 4.00. The fraction of sp³-hybridized carbons (Fsp3) is 0.300. The Morgan fingerprint density at radius 2 is 1.81 bits per heavy atom. The van der Waals surface area contributed by atoms with E-state index in [9.17, 15) is 4.79 Å². The van der Waals surface area contributed by atoms with Crippen LogP contribution in [0.2, 0.25) is 0 Å². The second-order valence-corrected chi connectivity index (χ2v) is 6.05. The Bertz CT molecular complexity index is 847. The van der Waals surface area contributed by atoms with Crippen molar-refractivity contribution < 1.29 is 14.3 Å². The number of carbonyl (C=O) groups is 1. The van der Waals surface area contributed by atoms with Gasteiger partial charge in [-0.25, -0.2) is 9.48 Å². The van der Waals surface area contributed by atoms with Gasteiger partial charge in [0.2, 0.25) is 0 Å². The van der Waals surface area contributed by atoms with Crippen molar-refractivity contribution in [2.45, 2.75) is 39.5 Å². The number of esters is 1. The van der Waals surface area contributed by atoms with Gasteiger partial charge < -0.3 is 9.47 Å². The van der Waals surface area contributed by atoms with E-state index < -0.39 is 5.97 Å². The van der Waals surface area contributed by atoms with Gasteiger partial charge in [-0.15, -0.1) is 5.10 Å². The van der Waals surface area contributed by atoms with Crippen LogP contribution in [0.1, 0.15) is 41.5 Å². The van der Waals surface area contributed by atoms with Crippen molar-refractivity contribution in [2.75, 3.05) is 0 Å². The number of tetrazole rings is 1. The second-order valence-electron chi connectivity index (χ2n) is 6.05. The summed E-state index contributed by atoms with van der Waals surface area (Å²) < 4.78 is 12.7. The van der Waals surface area contributed by atoms with Gasteiger partial charge >= 0.3 is 5.97 Å². The Balaban J connectivity index is 1.51. The summed E-state index contributed by atoms with van der Waals surface area (Å²) in [6.07, 6.45) is 2.01. The first-order valence-corrected chi connectivity index (χ1v) is 8.95. The highest BCUT2D eigenvalue weighted by atomic mass is 16.5. The van der Waals surface area contributed by atoms with Crippen LogP contribution >= 0.6 is 0 Å². The van der Waals surface area contributed by atoms with E-state index in [1.807, 2.05) is 42.5 Å². The summed E-state index contributed by atoms with van der Waals surface area (Å²) in [5.41, 5.74) is 1.45. The standard InChI is InChI=1S/C20H22N4O3/c1-2-3-13-24-19(21-22-23-24)15-27-20(25)17-11-9-16(10-12-17)14-26-18-7-5-4-6-8-18/h4-12H,2-3,13-15H2,1H3. The molecular formula is C20H22N4O3. The molecule has 2 aromatic carbocycles. The Hall–Kier alpha value is -3.22. The molecule has 140 valence electrons. The highest BCUT2D eigenvalue weighted by Crippen LogP contribution is 2.13. The predicted molar refractivity (Wildman–Crippen MR) is 99.1 cm³/mol. The number of nitrogens with zero attached hydrogens (tertiary/aromatic N) is 4. The molecule has 7 heteroatoms. The number of benzene rings is 2. The van der Waals surface area contributed by atoms with Gasteiger partial charge in [-0.2, -0.15) is 0 Å². The average Bonchev–Trinajstić information content (AvgIpc) is 3.17. The zero-order valence-electron chi connectivity index (χ0n) is 15.2. The summed E-state index contributed by atoms with van der Waals surface area (Å²) in [6, 6.07) is 16.8. The Morgan fingerprint density at radius 3 is 2.56 bits per heavy atom. The van der Waals surface area contributed by atoms with Gasteiger partial charge in [-0.3, -0.25) is 0 Å². The molecule has 0 saturated carbocycles. The maximum atomic E-state index is 12.2. The molecule has 0 amide bonds. The average molecular weight is 366 g/mol. The highest BCUT2D eigenvalue weighted by molar-refractivity contribution is 5.89. The van der Waals surface area contributed by atoms with E-state index in [0.29, 0.717) is 24.5 Å². The molecular weight excluding hydrogens is 344 g/mol. The molecule has 0 aliphatic rings. The van der Waals surface area contributed by atoms with Crippen LogP contribution in [0.4, 0.5) is 0 Å². The molecule has 0 aliphatic carbocycles. The zero-order chi connectivity index (χ0) is 18.9. The van der Waals surface area contributed by atoms with Crippen LogP contribution in [0, 0.1) is 0 Å². The fourth-order valence-corrected chi connectivity index (χ4v) is 2.44. The van der Waals surface area contributed by atoms with Crippen molar-refractivity contribution in [2.24, 2.45) is 0 Å². The largest absolute Gasteiger partial charge is 0.489 e. The molecule has 7 nitrogen and oxygen atoms in total. The number of aromatic nitrogens is 4. The van der Waals surface area contributed by atoms with E-state index in [0.717, 1.165) is 24.2 Å². The number of carbonyl (C=O) groups excluding carboxylic acids is 1. The molecule has 1 heterocycles. The number of para-hydroxylation sites is 1. The molecule has 0 unspecified atom stereocenters. The topological polar surface area (TPSA) is 79.1 Å². The molecule has 1 aromatic heterocycles. The van der Waals surface area contributed by atoms with Crippen molar-refractivity contribution in [3.8, 4) is 5.75 Å². The van der Waals surface area contributed by atoms with Gasteiger partial charge in [-0.05, 0) is 46.7 Å². The first-order chi connectivity index (χ1) is 13.3. The monoisotopic (exact) mass is 366 g/mol. The lowest BCUT2D eigenvalue weighted by Gasteiger charge is -2.08. The molecule has 0 bridgehead atoms. The van der Waals surface area contributed by atoms with E-state index in [4.69, 9.17) is 9.47 Å². The summed E-state index contributed by atoms with van der Waals surface area (Å²) in [5.74, 6) is 0.946. The van der Waals surface area contributed by atoms with Crippen molar-refractivity contribution in [3.05, 3.63) is 71.5 Å². The molecule has 3 aromatic rings. The molecule has 0 fully saturated rings. The Labute approximate surface area is 157 Å². The van der Waals surface area contributed by atoms with E-state index >= 15 is 0 Å². The minimum atomic E-state index is -0.407. The van der Waals surface area contributed by atoms with Crippen molar-refractivity contribution in [3.63, 3.8) is 0 Å². The van der Waals surface area contributed by atoms with Crippen LogP contribution in [-0.2, 0) is 24.5 Å². The minimum Gasteiger partial charge on any atom is -0.489 e. The second kappa shape index (κ2) is 9.47. The molecule has 3 rings (SSSR count). The molecule has 0 radical (unpaired) electrons. The predicted octanol–water partition coefficient (Wildman–Crippen LogP) is 3.41. The molecule has 27 heavy (non-hydrogen) atoms. The van der Waals surface area contributed by atoms with E-state index in [1.165, 1.54) is 0 Å². The molecule has 0 atom stereocenters. The number of rotatable bonds is 9. The maximum absolute atomic E-state index is 12.2. The smallest absolute Gasteiger partial charge is 0.338 e. The van der Waals surface area contributed by atoms with Crippen LogP contribution < -0.4 is 4.74 Å². The van der Waals surface area contributed by atoms with Crippen LogP contribution in [0.25, 0.3) is 0 Å². The Morgan fingerprint density at radius 1 is 1.04 bits per heavy atom. The number of unbranched alkanes of at least 4 members (excludes halogenated alkanes) is 1. The van der Waals surface area contributed by atoms with E-state index in [1.54, 1.807) is 16.8 Å². The number of hydrogen-bond acceptors (Lipinski definition) is 6. The minimum absolute atomic E-state index is 0.0500. The van der Waals surface area contributed by atoms with Gasteiger partial charge in [-0.1, -0.05) is 43.7 Å². The molecule has 0 spiro atoms. The lowest BCUT2D eigenvalue weighted by molar-refractivity contribution is 0.0456. The summed E-state index contributed by atoms with van der Waals surface area (Å²) in [5, 5.41) is 11.5. The molecule has 0 N–H and O–H groups in total. The third-order valence-electron chi connectivity index (χ3n) is 4.00. The fourth-order valence-electron chi connectivity index (χ4n) is 2.44. The van der Waals surface area contributed by atoms with Crippen LogP contribution in [0.5, 0.6) is 5.75 Å². The lowest BCUT2D eigenvalue weighted by Crippen LogP contribution is -2.11. The van der Waals surface area contributed by atoms with Crippen LogP contribution in [0.15, 0.2) is 54.6 Å². The van der Waals surface area contributed by atoms with E-state index in [-0.39, 0.29) is 6.61 Å².